The first-order valence-electron chi connectivity index (χ1n) is 9.34. The van der Waals surface area contributed by atoms with Crippen LogP contribution in [0.25, 0.3) is 0 Å². The molecular weight excluding hydrogens is 404 g/mol. The van der Waals surface area contributed by atoms with Crippen LogP contribution in [-0.2, 0) is 15.8 Å². The zero-order chi connectivity index (χ0) is 22.1. The Kier molecular flexibility index (Phi) is 8.14. The highest BCUT2D eigenvalue weighted by Crippen LogP contribution is 2.15. The Morgan fingerprint density at radius 3 is 2.10 bits per heavy atom. The van der Waals surface area contributed by atoms with Crippen LogP contribution >= 0.6 is 0 Å². The Morgan fingerprint density at radius 2 is 1.53 bits per heavy atom. The molecule has 0 bridgehead atoms. The molecule has 0 saturated heterocycles. The van der Waals surface area contributed by atoms with Gasteiger partial charge in [0.25, 0.3) is 5.91 Å². The van der Waals surface area contributed by atoms with Gasteiger partial charge in [0.05, 0.1) is 5.75 Å². The summed E-state index contributed by atoms with van der Waals surface area (Å²) >= 11 is 0. The van der Waals surface area contributed by atoms with E-state index in [4.69, 9.17) is 0 Å². The van der Waals surface area contributed by atoms with Crippen LogP contribution in [0.3, 0.4) is 0 Å². The fourth-order valence-electron chi connectivity index (χ4n) is 2.48. The van der Waals surface area contributed by atoms with Crippen LogP contribution in [0.4, 0.5) is 16.2 Å². The Bertz CT molecular complexity index is 985. The lowest BCUT2D eigenvalue weighted by atomic mass is 10.1. The largest absolute Gasteiger partial charge is 0.336 e. The average molecular weight is 431 g/mol. The molecule has 4 N–H and O–H groups in total. The van der Waals surface area contributed by atoms with Crippen molar-refractivity contribution in [1.29, 1.82) is 0 Å². The SMILES string of the molecule is C=CCNS(=O)(=O)Cc1ccc(NC(=O)c2ccc(NC(=O)NC(C)C)cc2)cc1. The van der Waals surface area contributed by atoms with E-state index in [-0.39, 0.29) is 30.3 Å². The topological polar surface area (TPSA) is 116 Å². The van der Waals surface area contributed by atoms with Gasteiger partial charge in [-0.15, -0.1) is 6.58 Å². The van der Waals surface area contributed by atoms with Gasteiger partial charge in [0.1, 0.15) is 0 Å². The molecule has 0 unspecified atom stereocenters. The van der Waals surface area contributed by atoms with E-state index in [0.29, 0.717) is 22.5 Å². The van der Waals surface area contributed by atoms with Gasteiger partial charge in [-0.3, -0.25) is 4.79 Å². The summed E-state index contributed by atoms with van der Waals surface area (Å²) in [5, 5.41) is 8.15. The van der Waals surface area contributed by atoms with Crippen LogP contribution in [-0.4, -0.2) is 32.9 Å². The van der Waals surface area contributed by atoms with Crippen LogP contribution in [0.15, 0.2) is 61.2 Å². The minimum atomic E-state index is -3.44. The van der Waals surface area contributed by atoms with Crippen LogP contribution < -0.4 is 20.7 Å². The number of urea groups is 1. The van der Waals surface area contributed by atoms with Gasteiger partial charge in [-0.05, 0) is 55.8 Å². The number of nitrogens with one attached hydrogen (secondary N) is 4. The summed E-state index contributed by atoms with van der Waals surface area (Å²) in [5.74, 6) is -0.477. The molecule has 0 aliphatic heterocycles. The van der Waals surface area contributed by atoms with Crippen molar-refractivity contribution in [2.45, 2.75) is 25.6 Å². The minimum Gasteiger partial charge on any atom is -0.336 e. The fourth-order valence-corrected chi connectivity index (χ4v) is 3.58. The third kappa shape index (κ3) is 7.69. The Labute approximate surface area is 176 Å². The molecular formula is C21H26N4O4S. The molecule has 160 valence electrons. The molecule has 0 heterocycles. The van der Waals surface area contributed by atoms with Gasteiger partial charge in [-0.1, -0.05) is 18.2 Å². The minimum absolute atomic E-state index is 0.0185. The number of amides is 3. The Morgan fingerprint density at radius 1 is 0.967 bits per heavy atom. The van der Waals surface area contributed by atoms with Crippen molar-refractivity contribution in [2.24, 2.45) is 0 Å². The van der Waals surface area contributed by atoms with E-state index in [1.165, 1.54) is 6.08 Å². The van der Waals surface area contributed by atoms with Gasteiger partial charge in [0.2, 0.25) is 10.0 Å². The summed E-state index contributed by atoms with van der Waals surface area (Å²) < 4.78 is 26.2. The fraction of sp³-hybridized carbons (Fsp3) is 0.238. The van der Waals surface area contributed by atoms with Crippen LogP contribution in [0.2, 0.25) is 0 Å². The summed E-state index contributed by atoms with van der Waals surface area (Å²) in [6.45, 7) is 7.37. The summed E-state index contributed by atoms with van der Waals surface area (Å²) in [6, 6.07) is 12.8. The number of carbonyl (C=O) groups excluding carboxylic acids is 2. The third-order valence-electron chi connectivity index (χ3n) is 3.84. The number of carbonyl (C=O) groups is 2. The molecule has 9 heteroatoms. The zero-order valence-electron chi connectivity index (χ0n) is 16.9. The summed E-state index contributed by atoms with van der Waals surface area (Å²) in [5.41, 5.74) is 2.13. The number of hydrogen-bond acceptors (Lipinski definition) is 4. The van der Waals surface area contributed by atoms with Crippen LogP contribution in [0.1, 0.15) is 29.8 Å². The standard InChI is InChI=1S/C21H26N4O4S/c1-4-13-22-30(28,29)14-16-5-9-18(10-6-16)24-20(26)17-7-11-19(12-8-17)25-21(27)23-15(2)3/h4-12,15,22H,1,13-14H2,2-3H3,(H,24,26)(H2,23,25,27). The van der Waals surface area contributed by atoms with Crippen LogP contribution in [0.5, 0.6) is 0 Å². The van der Waals surface area contributed by atoms with Crippen molar-refractivity contribution in [1.82, 2.24) is 10.0 Å². The zero-order valence-corrected chi connectivity index (χ0v) is 17.8. The Hall–Kier alpha value is -3.17. The Balaban J connectivity index is 1.94. The highest BCUT2D eigenvalue weighted by Gasteiger charge is 2.11. The molecule has 0 spiro atoms. The lowest BCUT2D eigenvalue weighted by Gasteiger charge is -2.11. The predicted molar refractivity (Wildman–Crippen MR) is 119 cm³/mol. The highest BCUT2D eigenvalue weighted by atomic mass is 32.2. The summed E-state index contributed by atoms with van der Waals surface area (Å²) in [6.07, 6.45) is 1.47. The van der Waals surface area contributed by atoms with Gasteiger partial charge < -0.3 is 16.0 Å². The van der Waals surface area contributed by atoms with E-state index in [1.807, 2.05) is 13.8 Å². The maximum atomic E-state index is 12.4. The molecule has 3 amide bonds. The average Bonchev–Trinajstić information content (AvgIpc) is 2.67. The van der Waals surface area contributed by atoms with Crippen LogP contribution in [0, 0.1) is 0 Å². The molecule has 0 saturated carbocycles. The van der Waals surface area contributed by atoms with E-state index in [2.05, 4.69) is 27.3 Å². The van der Waals surface area contributed by atoms with E-state index >= 15 is 0 Å². The van der Waals surface area contributed by atoms with Gasteiger partial charge >= 0.3 is 6.03 Å². The molecule has 0 radical (unpaired) electrons. The molecule has 0 atom stereocenters. The molecule has 2 aromatic carbocycles. The molecule has 30 heavy (non-hydrogen) atoms. The first kappa shape index (κ1) is 23.1. The molecule has 0 fully saturated rings. The van der Waals surface area contributed by atoms with E-state index < -0.39 is 10.0 Å². The maximum Gasteiger partial charge on any atom is 0.319 e. The van der Waals surface area contributed by atoms with Crippen molar-refractivity contribution in [2.75, 3.05) is 17.2 Å². The molecule has 0 aromatic heterocycles. The van der Waals surface area contributed by atoms with Gasteiger partial charge in [-0.25, -0.2) is 17.9 Å². The number of benzene rings is 2. The molecule has 2 rings (SSSR count). The van der Waals surface area contributed by atoms with Crippen molar-refractivity contribution in [3.05, 3.63) is 72.3 Å². The smallest absolute Gasteiger partial charge is 0.319 e. The second kappa shape index (κ2) is 10.6. The van der Waals surface area contributed by atoms with Crippen molar-refractivity contribution in [3.8, 4) is 0 Å². The summed E-state index contributed by atoms with van der Waals surface area (Å²) in [7, 11) is -3.44. The summed E-state index contributed by atoms with van der Waals surface area (Å²) in [4.78, 5) is 24.1. The second-order valence-electron chi connectivity index (χ2n) is 6.88. The first-order valence-corrected chi connectivity index (χ1v) is 11.0. The third-order valence-corrected chi connectivity index (χ3v) is 5.16. The first-order chi connectivity index (χ1) is 14.2. The van der Waals surface area contributed by atoms with Gasteiger partial charge in [0, 0.05) is 29.5 Å². The predicted octanol–water partition coefficient (Wildman–Crippen LogP) is 3.07. The maximum absolute atomic E-state index is 12.4. The molecule has 0 aliphatic rings. The lowest BCUT2D eigenvalue weighted by Crippen LogP contribution is -2.34. The van der Waals surface area contributed by atoms with Gasteiger partial charge in [-0.2, -0.15) is 0 Å². The van der Waals surface area contributed by atoms with Gasteiger partial charge in [0.15, 0.2) is 0 Å². The molecule has 0 aliphatic carbocycles. The monoisotopic (exact) mass is 430 g/mol. The number of hydrogen-bond donors (Lipinski definition) is 4. The van der Waals surface area contributed by atoms with Crippen molar-refractivity contribution < 1.29 is 18.0 Å². The van der Waals surface area contributed by atoms with Crippen molar-refractivity contribution in [3.63, 3.8) is 0 Å². The van der Waals surface area contributed by atoms with E-state index in [0.717, 1.165) is 0 Å². The lowest BCUT2D eigenvalue weighted by molar-refractivity contribution is 0.102. The quantitative estimate of drug-likeness (QED) is 0.458. The highest BCUT2D eigenvalue weighted by molar-refractivity contribution is 7.88. The number of sulfonamides is 1. The molecule has 8 nitrogen and oxygen atoms in total. The van der Waals surface area contributed by atoms with E-state index in [1.54, 1.807) is 48.5 Å². The van der Waals surface area contributed by atoms with E-state index in [9.17, 15) is 18.0 Å². The number of rotatable bonds is 9. The van der Waals surface area contributed by atoms with Crippen molar-refractivity contribution >= 4 is 33.3 Å². The molecule has 2 aromatic rings. The number of anilines is 2. The second-order valence-corrected chi connectivity index (χ2v) is 8.68. The normalized spacial score (nSPS) is 11.0.